The normalized spacial score (nSPS) is 27.7. The molecule has 1 aromatic heterocycles. The van der Waals surface area contributed by atoms with Crippen LogP contribution in [0.3, 0.4) is 0 Å². The SMILES string of the molecule is COc1cc(/C=C/C(=O)O[C@@H]2[C@@H](O)[C@H](O)[C@@H](CO)O[C@H]2c2c(O)c([C@@H]3O[C@H](CO)[C@@H](O)[C@H](O)[C@H]3O)c3oc(-c4ccc(O)c(OC)c4)cc(=O)c3c2O)ccc1O. The number of hydrogen-bond acceptors (Lipinski definition) is 19. The number of aliphatic hydroxyl groups is 7. The van der Waals surface area contributed by atoms with Crippen LogP contribution in [0.25, 0.3) is 28.4 Å². The lowest BCUT2D eigenvalue weighted by atomic mass is 9.85. The Morgan fingerprint density at radius 2 is 1.32 bits per heavy atom. The van der Waals surface area contributed by atoms with Crippen LogP contribution in [0.15, 0.2) is 57.8 Å². The third-order valence-electron chi connectivity index (χ3n) is 9.86. The first-order valence-corrected chi connectivity index (χ1v) is 17.3. The van der Waals surface area contributed by atoms with Crippen molar-refractivity contribution in [2.75, 3.05) is 27.4 Å². The van der Waals surface area contributed by atoms with Crippen LogP contribution in [0.2, 0.25) is 0 Å². The molecule has 6 rings (SSSR count). The molecule has 2 fully saturated rings. The summed E-state index contributed by atoms with van der Waals surface area (Å²) in [6, 6.07) is 8.89. The second-order valence-corrected chi connectivity index (χ2v) is 13.3. The molecule has 3 aromatic carbocycles. The minimum Gasteiger partial charge on any atom is -0.507 e. The first-order chi connectivity index (χ1) is 27.1. The van der Waals surface area contributed by atoms with Gasteiger partial charge in [-0.2, -0.15) is 0 Å². The summed E-state index contributed by atoms with van der Waals surface area (Å²) >= 11 is 0. The van der Waals surface area contributed by atoms with Gasteiger partial charge in [0.15, 0.2) is 40.1 Å². The molecule has 4 aromatic rings. The van der Waals surface area contributed by atoms with Gasteiger partial charge in [-0.15, -0.1) is 0 Å². The number of aromatic hydroxyl groups is 4. The number of fused-ring (bicyclic) bond motifs is 1. The van der Waals surface area contributed by atoms with Crippen LogP contribution < -0.4 is 14.9 Å². The second-order valence-electron chi connectivity index (χ2n) is 13.3. The number of phenols is 4. The first-order valence-electron chi connectivity index (χ1n) is 17.3. The number of phenolic OH excluding ortho intramolecular Hbond substituents is 4. The average molecular weight is 801 g/mol. The molecular weight excluding hydrogens is 760 g/mol. The minimum absolute atomic E-state index is 0.0303. The summed E-state index contributed by atoms with van der Waals surface area (Å²) in [5.74, 6) is -3.97. The first kappa shape index (κ1) is 41.2. The summed E-state index contributed by atoms with van der Waals surface area (Å²) in [5.41, 5.74) is -2.62. The molecular formula is C38H40O19. The highest BCUT2D eigenvalue weighted by Crippen LogP contribution is 2.51. The molecule has 19 heteroatoms. The predicted molar refractivity (Wildman–Crippen MR) is 192 cm³/mol. The smallest absolute Gasteiger partial charge is 0.331 e. The van der Waals surface area contributed by atoms with Crippen LogP contribution in [-0.2, 0) is 19.0 Å². The fourth-order valence-corrected chi connectivity index (χ4v) is 6.84. The van der Waals surface area contributed by atoms with E-state index in [0.29, 0.717) is 5.56 Å². The molecule has 11 N–H and O–H groups in total. The van der Waals surface area contributed by atoms with Crippen molar-refractivity contribution in [3.05, 3.63) is 75.5 Å². The van der Waals surface area contributed by atoms with Crippen LogP contribution in [0.5, 0.6) is 34.5 Å². The van der Waals surface area contributed by atoms with E-state index in [1.54, 1.807) is 0 Å². The Kier molecular flexibility index (Phi) is 12.0. The highest BCUT2D eigenvalue weighted by molar-refractivity contribution is 5.92. The van der Waals surface area contributed by atoms with Gasteiger partial charge in [0.25, 0.3) is 0 Å². The molecule has 10 atom stereocenters. The van der Waals surface area contributed by atoms with Crippen LogP contribution in [0.1, 0.15) is 28.9 Å². The quantitative estimate of drug-likeness (QED) is 0.0718. The standard InChI is InChI=1S/C38H40O19/c1-52-20-9-14(3-6-16(20)41)4-8-24(44)57-38-33(50)29(46)23(13-40)56-37(38)26-30(47)25-18(43)11-19(15-5-7-17(42)21(10-15)53-2)54-35(25)27(31(26)48)36-34(51)32(49)28(45)22(12-39)55-36/h3-11,22-23,28-29,32-34,36-42,45-51H,12-13H2,1-2H3/b8-4+/t22-,23-,28-,29-,32+,33+,34-,36+,37+,38-/m1/s1. The zero-order valence-corrected chi connectivity index (χ0v) is 30.1. The molecule has 57 heavy (non-hydrogen) atoms. The molecule has 0 aliphatic carbocycles. The van der Waals surface area contributed by atoms with E-state index in [2.05, 4.69) is 0 Å². The van der Waals surface area contributed by atoms with Gasteiger partial charge < -0.3 is 84.3 Å². The predicted octanol–water partition coefficient (Wildman–Crippen LogP) is -0.406. The summed E-state index contributed by atoms with van der Waals surface area (Å²) in [7, 11) is 2.58. The fraction of sp³-hybridized carbons (Fsp3) is 0.368. The topological polar surface area (TPSA) is 316 Å². The number of rotatable bonds is 10. The molecule has 2 saturated heterocycles. The van der Waals surface area contributed by atoms with E-state index in [-0.39, 0.29) is 34.3 Å². The number of methoxy groups -OCH3 is 2. The summed E-state index contributed by atoms with van der Waals surface area (Å²) in [6.07, 6.45) is -17.1. The third-order valence-corrected chi connectivity index (χ3v) is 9.86. The van der Waals surface area contributed by atoms with E-state index >= 15 is 0 Å². The van der Waals surface area contributed by atoms with Gasteiger partial charge in [0.2, 0.25) is 0 Å². The molecule has 306 valence electrons. The number of carbonyl (C=O) groups excluding carboxylic acids is 1. The van der Waals surface area contributed by atoms with Crippen molar-refractivity contribution in [1.82, 2.24) is 0 Å². The van der Waals surface area contributed by atoms with Crippen molar-refractivity contribution in [3.63, 3.8) is 0 Å². The van der Waals surface area contributed by atoms with Gasteiger partial charge in [0, 0.05) is 17.7 Å². The van der Waals surface area contributed by atoms with E-state index in [0.717, 1.165) is 12.1 Å². The zero-order valence-electron chi connectivity index (χ0n) is 30.1. The molecule has 0 amide bonds. The maximum atomic E-state index is 14.0. The largest absolute Gasteiger partial charge is 0.507 e. The average Bonchev–Trinajstić information content (AvgIpc) is 3.19. The number of hydrogen-bond donors (Lipinski definition) is 11. The minimum atomic E-state index is -2.11. The highest BCUT2D eigenvalue weighted by Gasteiger charge is 2.51. The second kappa shape index (κ2) is 16.5. The van der Waals surface area contributed by atoms with Crippen molar-refractivity contribution in [2.24, 2.45) is 0 Å². The lowest BCUT2D eigenvalue weighted by Crippen LogP contribution is -2.56. The molecule has 0 bridgehead atoms. The van der Waals surface area contributed by atoms with E-state index < -0.39 is 119 Å². The van der Waals surface area contributed by atoms with Gasteiger partial charge in [-0.1, -0.05) is 6.07 Å². The Balaban J connectivity index is 1.55. The van der Waals surface area contributed by atoms with Crippen LogP contribution >= 0.6 is 0 Å². The van der Waals surface area contributed by atoms with E-state index in [1.165, 1.54) is 56.7 Å². The van der Waals surface area contributed by atoms with Gasteiger partial charge in [-0.3, -0.25) is 4.79 Å². The van der Waals surface area contributed by atoms with Gasteiger partial charge in [0.1, 0.15) is 77.6 Å². The summed E-state index contributed by atoms with van der Waals surface area (Å²) in [4.78, 5) is 27.2. The molecule has 0 unspecified atom stereocenters. The molecule has 2 aliphatic rings. The summed E-state index contributed by atoms with van der Waals surface area (Å²) in [6.45, 7) is -1.86. The van der Waals surface area contributed by atoms with Gasteiger partial charge in [-0.25, -0.2) is 4.79 Å². The van der Waals surface area contributed by atoms with E-state index in [9.17, 15) is 65.8 Å². The number of aliphatic hydroxyl groups excluding tert-OH is 7. The molecule has 0 spiro atoms. The molecule has 2 aliphatic heterocycles. The van der Waals surface area contributed by atoms with Crippen molar-refractivity contribution >= 4 is 23.0 Å². The van der Waals surface area contributed by atoms with Crippen LogP contribution in [-0.4, -0.2) is 138 Å². The zero-order chi connectivity index (χ0) is 41.5. The molecule has 3 heterocycles. The van der Waals surface area contributed by atoms with Crippen LogP contribution in [0, 0.1) is 0 Å². The Bertz CT molecular complexity index is 2220. The van der Waals surface area contributed by atoms with Crippen molar-refractivity contribution < 1.29 is 89.1 Å². The summed E-state index contributed by atoms with van der Waals surface area (Å²) < 4.78 is 33.3. The number of ether oxygens (including phenoxy) is 5. The lowest BCUT2D eigenvalue weighted by Gasteiger charge is -2.43. The highest BCUT2D eigenvalue weighted by atomic mass is 16.6. The Morgan fingerprint density at radius 3 is 1.95 bits per heavy atom. The number of esters is 1. The Morgan fingerprint density at radius 1 is 0.719 bits per heavy atom. The number of carbonyl (C=O) groups is 1. The van der Waals surface area contributed by atoms with Gasteiger partial charge in [0.05, 0.1) is 38.6 Å². The Hall–Kier alpha value is -5.48. The van der Waals surface area contributed by atoms with Gasteiger partial charge >= 0.3 is 5.97 Å². The summed E-state index contributed by atoms with van der Waals surface area (Å²) in [5, 5.41) is 118. The third kappa shape index (κ3) is 7.55. The van der Waals surface area contributed by atoms with E-state index in [4.69, 9.17) is 28.1 Å². The fourth-order valence-electron chi connectivity index (χ4n) is 6.84. The Labute approximate surface area is 321 Å². The monoisotopic (exact) mass is 800 g/mol. The van der Waals surface area contributed by atoms with Gasteiger partial charge in [-0.05, 0) is 42.0 Å². The number of benzene rings is 3. The van der Waals surface area contributed by atoms with Crippen molar-refractivity contribution in [1.29, 1.82) is 0 Å². The maximum Gasteiger partial charge on any atom is 0.331 e. The molecule has 0 saturated carbocycles. The van der Waals surface area contributed by atoms with E-state index in [1.807, 2.05) is 0 Å². The lowest BCUT2D eigenvalue weighted by molar-refractivity contribution is -0.240. The molecule has 19 nitrogen and oxygen atoms in total. The van der Waals surface area contributed by atoms with Crippen molar-refractivity contribution in [3.8, 4) is 45.8 Å². The maximum absolute atomic E-state index is 14.0. The van der Waals surface area contributed by atoms with Crippen molar-refractivity contribution in [2.45, 2.75) is 61.0 Å². The molecule has 0 radical (unpaired) electrons. The van der Waals surface area contributed by atoms with Crippen LogP contribution in [0.4, 0.5) is 0 Å².